The van der Waals surface area contributed by atoms with Crippen LogP contribution in [0.25, 0.3) is 0 Å². The molecule has 1 atom stereocenters. The van der Waals surface area contributed by atoms with Crippen LogP contribution in [-0.2, 0) is 9.53 Å². The van der Waals surface area contributed by atoms with Gasteiger partial charge in [0.25, 0.3) is 0 Å². The van der Waals surface area contributed by atoms with E-state index in [9.17, 15) is 9.59 Å². The predicted molar refractivity (Wildman–Crippen MR) is 84.9 cm³/mol. The van der Waals surface area contributed by atoms with Gasteiger partial charge in [-0.1, -0.05) is 6.07 Å². The molecular weight excluding hydrogens is 296 g/mol. The van der Waals surface area contributed by atoms with Crippen LogP contribution in [-0.4, -0.2) is 38.7 Å². The Bertz CT molecular complexity index is 466. The summed E-state index contributed by atoms with van der Waals surface area (Å²) in [6.45, 7) is 0.280. The summed E-state index contributed by atoms with van der Waals surface area (Å²) in [6.07, 6.45) is -0.123. The summed E-state index contributed by atoms with van der Waals surface area (Å²) in [7, 11) is 3.04. The summed E-state index contributed by atoms with van der Waals surface area (Å²) in [6, 6.07) is 6.53. The molecule has 0 aliphatic carbocycles. The number of carbonyl (C=O) groups excluding carboxylic acids is 2. The maximum atomic E-state index is 11.8. The number of urea groups is 1. The average Bonchev–Trinajstić information content (AvgIpc) is 2.44. The van der Waals surface area contributed by atoms with Crippen LogP contribution >= 0.6 is 12.4 Å². The standard InChI is InChI=1S/C13H20N4O3.ClH/c1-15-13(19)17-10-5-3-4-9(6-10)16-12(18)7-11(8-14)20-2;/h3-6,11H,7-8,14H2,1-2H3,(H,16,18)(H2,15,17,19);1H. The Kier molecular flexibility index (Phi) is 9.11. The molecule has 0 saturated carbocycles. The first-order valence-electron chi connectivity index (χ1n) is 6.20. The van der Waals surface area contributed by atoms with E-state index in [0.29, 0.717) is 11.4 Å². The quantitative estimate of drug-likeness (QED) is 0.632. The molecular formula is C13H21ClN4O3. The van der Waals surface area contributed by atoms with Crippen molar-refractivity contribution in [2.24, 2.45) is 5.73 Å². The summed E-state index contributed by atoms with van der Waals surface area (Å²) in [5.41, 5.74) is 6.64. The highest BCUT2D eigenvalue weighted by atomic mass is 35.5. The number of methoxy groups -OCH3 is 1. The van der Waals surface area contributed by atoms with Crippen LogP contribution in [0.15, 0.2) is 24.3 Å². The van der Waals surface area contributed by atoms with E-state index >= 15 is 0 Å². The van der Waals surface area contributed by atoms with Crippen LogP contribution < -0.4 is 21.7 Å². The van der Waals surface area contributed by atoms with Gasteiger partial charge in [0, 0.05) is 32.1 Å². The monoisotopic (exact) mass is 316 g/mol. The third-order valence-electron chi connectivity index (χ3n) is 2.64. The molecule has 7 nitrogen and oxygen atoms in total. The van der Waals surface area contributed by atoms with E-state index in [4.69, 9.17) is 10.5 Å². The number of carbonyl (C=O) groups is 2. The highest BCUT2D eigenvalue weighted by Crippen LogP contribution is 2.15. The number of nitrogens with one attached hydrogen (secondary N) is 3. The zero-order valence-electron chi connectivity index (χ0n) is 12.0. The van der Waals surface area contributed by atoms with Crippen LogP contribution in [0.1, 0.15) is 6.42 Å². The molecule has 0 aliphatic heterocycles. The zero-order valence-corrected chi connectivity index (χ0v) is 12.8. The third kappa shape index (κ3) is 6.94. The SMILES string of the molecule is CNC(=O)Nc1cccc(NC(=O)CC(CN)OC)c1.Cl. The molecule has 1 rings (SSSR count). The molecule has 21 heavy (non-hydrogen) atoms. The molecule has 8 heteroatoms. The number of amides is 3. The van der Waals surface area contributed by atoms with Crippen molar-refractivity contribution in [3.63, 3.8) is 0 Å². The molecule has 0 radical (unpaired) electrons. The number of halogens is 1. The highest BCUT2D eigenvalue weighted by molar-refractivity contribution is 5.93. The molecule has 118 valence electrons. The fourth-order valence-electron chi connectivity index (χ4n) is 1.55. The van der Waals surface area contributed by atoms with Gasteiger partial charge >= 0.3 is 6.03 Å². The second kappa shape index (κ2) is 9.98. The summed E-state index contributed by atoms with van der Waals surface area (Å²) < 4.78 is 5.05. The van der Waals surface area contributed by atoms with E-state index in [-0.39, 0.29) is 43.4 Å². The first-order valence-corrected chi connectivity index (χ1v) is 6.20. The number of benzene rings is 1. The van der Waals surface area contributed by atoms with Crippen LogP contribution in [0, 0.1) is 0 Å². The molecule has 0 heterocycles. The van der Waals surface area contributed by atoms with Gasteiger partial charge in [0.2, 0.25) is 5.91 Å². The van der Waals surface area contributed by atoms with E-state index in [1.807, 2.05) is 0 Å². The minimum absolute atomic E-state index is 0. The maximum Gasteiger partial charge on any atom is 0.318 e. The largest absolute Gasteiger partial charge is 0.380 e. The Morgan fingerprint density at radius 2 is 1.90 bits per heavy atom. The molecule has 0 aromatic heterocycles. The lowest BCUT2D eigenvalue weighted by Crippen LogP contribution is -2.28. The Labute approximate surface area is 130 Å². The van der Waals surface area contributed by atoms with E-state index in [1.165, 1.54) is 14.2 Å². The Hall–Kier alpha value is -1.83. The van der Waals surface area contributed by atoms with E-state index in [1.54, 1.807) is 24.3 Å². The minimum Gasteiger partial charge on any atom is -0.380 e. The Morgan fingerprint density at radius 3 is 2.43 bits per heavy atom. The van der Waals surface area contributed by atoms with E-state index < -0.39 is 0 Å². The molecule has 1 unspecified atom stereocenters. The summed E-state index contributed by atoms with van der Waals surface area (Å²) in [4.78, 5) is 23.0. The van der Waals surface area contributed by atoms with E-state index in [0.717, 1.165) is 0 Å². The molecule has 1 aromatic carbocycles. The van der Waals surface area contributed by atoms with Crippen molar-refractivity contribution in [3.05, 3.63) is 24.3 Å². The number of hydrogen-bond acceptors (Lipinski definition) is 4. The number of nitrogens with two attached hydrogens (primary N) is 1. The van der Waals surface area contributed by atoms with Crippen molar-refractivity contribution in [1.29, 1.82) is 0 Å². The van der Waals surface area contributed by atoms with E-state index in [2.05, 4.69) is 16.0 Å². The topological polar surface area (TPSA) is 105 Å². The number of anilines is 2. The van der Waals surface area contributed by atoms with Gasteiger partial charge in [0.05, 0.1) is 12.5 Å². The van der Waals surface area contributed by atoms with Crippen LogP contribution in [0.5, 0.6) is 0 Å². The lowest BCUT2D eigenvalue weighted by Gasteiger charge is -2.13. The van der Waals surface area contributed by atoms with Crippen LogP contribution in [0.4, 0.5) is 16.2 Å². The van der Waals surface area contributed by atoms with Crippen molar-refractivity contribution >= 4 is 35.7 Å². The Morgan fingerprint density at radius 1 is 1.29 bits per heavy atom. The van der Waals surface area contributed by atoms with Crippen molar-refractivity contribution in [1.82, 2.24) is 5.32 Å². The van der Waals surface area contributed by atoms with Gasteiger partial charge in [-0.3, -0.25) is 4.79 Å². The summed E-state index contributed by atoms with van der Waals surface area (Å²) >= 11 is 0. The Balaban J connectivity index is 0.00000400. The lowest BCUT2D eigenvalue weighted by molar-refractivity contribution is -0.118. The zero-order chi connectivity index (χ0) is 15.0. The van der Waals surface area contributed by atoms with Gasteiger partial charge in [-0.2, -0.15) is 0 Å². The molecule has 3 amide bonds. The average molecular weight is 317 g/mol. The smallest absolute Gasteiger partial charge is 0.318 e. The summed E-state index contributed by atoms with van der Waals surface area (Å²) in [5.74, 6) is -0.195. The fraction of sp³-hybridized carbons (Fsp3) is 0.385. The molecule has 0 fully saturated rings. The van der Waals surface area contributed by atoms with Gasteiger partial charge < -0.3 is 26.4 Å². The third-order valence-corrected chi connectivity index (χ3v) is 2.64. The van der Waals surface area contributed by atoms with Gasteiger partial charge in [-0.25, -0.2) is 4.79 Å². The molecule has 0 spiro atoms. The van der Waals surface area contributed by atoms with Crippen molar-refractivity contribution in [2.45, 2.75) is 12.5 Å². The normalized spacial score (nSPS) is 11.0. The molecule has 1 aromatic rings. The minimum atomic E-state index is -0.323. The first-order chi connectivity index (χ1) is 9.58. The van der Waals surface area contributed by atoms with Gasteiger partial charge in [0.1, 0.15) is 0 Å². The lowest BCUT2D eigenvalue weighted by atomic mass is 10.2. The predicted octanol–water partition coefficient (Wildman–Crippen LogP) is 1.16. The number of rotatable bonds is 6. The summed E-state index contributed by atoms with van der Waals surface area (Å²) in [5, 5.41) is 7.80. The van der Waals surface area contributed by atoms with Gasteiger partial charge in [-0.15, -0.1) is 12.4 Å². The van der Waals surface area contributed by atoms with Crippen molar-refractivity contribution in [3.8, 4) is 0 Å². The molecule has 0 bridgehead atoms. The van der Waals surface area contributed by atoms with Gasteiger partial charge in [-0.05, 0) is 18.2 Å². The van der Waals surface area contributed by atoms with Crippen molar-refractivity contribution in [2.75, 3.05) is 31.3 Å². The fourth-order valence-corrected chi connectivity index (χ4v) is 1.55. The van der Waals surface area contributed by atoms with Crippen molar-refractivity contribution < 1.29 is 14.3 Å². The maximum absolute atomic E-state index is 11.8. The second-order valence-corrected chi connectivity index (χ2v) is 4.13. The van der Waals surface area contributed by atoms with Gasteiger partial charge in [0.15, 0.2) is 0 Å². The van der Waals surface area contributed by atoms with Crippen LogP contribution in [0.2, 0.25) is 0 Å². The molecule has 0 aliphatic rings. The number of hydrogen-bond donors (Lipinski definition) is 4. The molecule has 0 saturated heterocycles. The highest BCUT2D eigenvalue weighted by Gasteiger charge is 2.11. The first kappa shape index (κ1) is 19.2. The molecule has 5 N–H and O–H groups in total. The number of ether oxygens (including phenoxy) is 1. The van der Waals surface area contributed by atoms with Crippen LogP contribution in [0.3, 0.4) is 0 Å². The second-order valence-electron chi connectivity index (χ2n) is 4.13.